The number of nitrogens with zero attached hydrogens (tertiary/aromatic N) is 1. The second kappa shape index (κ2) is 5.55. The fraction of sp³-hybridized carbons (Fsp3) is 0.556. The maximum atomic E-state index is 12.2. The van der Waals surface area contributed by atoms with Crippen LogP contribution in [0.25, 0.3) is 0 Å². The van der Waals surface area contributed by atoms with Gasteiger partial charge in [-0.2, -0.15) is 0 Å². The quantitative estimate of drug-likeness (QED) is 0.931. The van der Waals surface area contributed by atoms with Crippen molar-refractivity contribution in [3.63, 3.8) is 0 Å². The Hall–Kier alpha value is -2.04. The number of aliphatic carboxylic acids is 1. The first-order chi connectivity index (χ1) is 11.1. The molecule has 4 rings (SSSR count). The molecule has 0 spiro atoms. The number of hydrogen-bond acceptors (Lipinski definition) is 3. The normalized spacial score (nSPS) is 34.4. The van der Waals surface area contributed by atoms with Crippen LogP contribution in [-0.2, 0) is 16.1 Å². The Morgan fingerprint density at radius 1 is 1.04 bits per heavy atom. The number of carbonyl (C=O) groups is 2. The summed E-state index contributed by atoms with van der Waals surface area (Å²) in [5.74, 6) is 1.12. The molecule has 5 nitrogen and oxygen atoms in total. The molecular weight excluding hydrogens is 294 g/mol. The molecule has 0 radical (unpaired) electrons. The number of amides is 1. The van der Waals surface area contributed by atoms with Gasteiger partial charge in [-0.05, 0) is 42.1 Å². The van der Waals surface area contributed by atoms with Gasteiger partial charge in [-0.15, -0.1) is 0 Å². The van der Waals surface area contributed by atoms with Crippen molar-refractivity contribution in [2.75, 3.05) is 13.1 Å². The SMILES string of the molecule is O=C(O)C1C[C@@H]2[C@H](C1)[C@H]1CN(C(=O)OCc3ccccc3)C[C@@H]21. The molecule has 3 fully saturated rings. The number of carboxylic acid groups (broad SMARTS) is 1. The van der Waals surface area contributed by atoms with Crippen LogP contribution in [0.2, 0.25) is 0 Å². The average molecular weight is 315 g/mol. The van der Waals surface area contributed by atoms with Crippen molar-refractivity contribution in [3.8, 4) is 0 Å². The van der Waals surface area contributed by atoms with E-state index >= 15 is 0 Å². The lowest BCUT2D eigenvalue weighted by atomic mass is 9.60. The monoisotopic (exact) mass is 315 g/mol. The molecule has 1 heterocycles. The van der Waals surface area contributed by atoms with Crippen LogP contribution in [0.5, 0.6) is 0 Å². The first-order valence-corrected chi connectivity index (χ1v) is 8.32. The van der Waals surface area contributed by atoms with Gasteiger partial charge in [-0.25, -0.2) is 4.79 Å². The largest absolute Gasteiger partial charge is 0.481 e. The average Bonchev–Trinajstić information content (AvgIpc) is 3.11. The zero-order valence-electron chi connectivity index (χ0n) is 12.9. The highest BCUT2D eigenvalue weighted by molar-refractivity contribution is 5.71. The number of ether oxygens (including phenoxy) is 1. The lowest BCUT2D eigenvalue weighted by molar-refractivity contribution is -0.141. The number of rotatable bonds is 3. The molecule has 1 aromatic carbocycles. The fourth-order valence-electron chi connectivity index (χ4n) is 4.86. The third-order valence-electron chi connectivity index (χ3n) is 5.99. The Labute approximate surface area is 135 Å². The molecular formula is C18H21NO4. The Morgan fingerprint density at radius 3 is 2.22 bits per heavy atom. The smallest absolute Gasteiger partial charge is 0.410 e. The summed E-state index contributed by atoms with van der Waals surface area (Å²) in [6, 6.07) is 9.68. The van der Waals surface area contributed by atoms with Gasteiger partial charge >= 0.3 is 12.1 Å². The molecule has 3 aliphatic rings. The van der Waals surface area contributed by atoms with E-state index in [1.54, 1.807) is 0 Å². The summed E-state index contributed by atoms with van der Waals surface area (Å²) in [4.78, 5) is 25.2. The van der Waals surface area contributed by atoms with Crippen LogP contribution < -0.4 is 0 Å². The predicted octanol–water partition coefficient (Wildman–Crippen LogP) is 2.61. The third-order valence-corrected chi connectivity index (χ3v) is 5.99. The molecule has 2 aliphatic carbocycles. The van der Waals surface area contributed by atoms with E-state index in [2.05, 4.69) is 0 Å². The summed E-state index contributed by atoms with van der Waals surface area (Å²) in [7, 11) is 0. The Kier molecular flexibility index (Phi) is 3.51. The van der Waals surface area contributed by atoms with Gasteiger partial charge in [0.1, 0.15) is 6.61 Å². The second-order valence-corrected chi connectivity index (χ2v) is 7.11. The van der Waals surface area contributed by atoms with Gasteiger partial charge in [0.05, 0.1) is 5.92 Å². The first kappa shape index (κ1) is 14.5. The van der Waals surface area contributed by atoms with E-state index in [0.717, 1.165) is 31.5 Å². The molecule has 23 heavy (non-hydrogen) atoms. The van der Waals surface area contributed by atoms with E-state index in [1.165, 1.54) is 0 Å². The third kappa shape index (κ3) is 2.48. The van der Waals surface area contributed by atoms with E-state index in [-0.39, 0.29) is 12.0 Å². The highest BCUT2D eigenvalue weighted by Crippen LogP contribution is 2.59. The van der Waals surface area contributed by atoms with Gasteiger partial charge in [0, 0.05) is 13.1 Å². The van der Waals surface area contributed by atoms with Crippen molar-refractivity contribution in [2.45, 2.75) is 19.4 Å². The summed E-state index contributed by atoms with van der Waals surface area (Å²) in [6.07, 6.45) is 1.33. The molecule has 122 valence electrons. The maximum Gasteiger partial charge on any atom is 0.410 e. The van der Waals surface area contributed by atoms with Crippen molar-refractivity contribution >= 4 is 12.1 Å². The van der Waals surface area contributed by atoms with Crippen molar-refractivity contribution in [2.24, 2.45) is 29.6 Å². The molecule has 5 atom stereocenters. The zero-order chi connectivity index (χ0) is 16.0. The van der Waals surface area contributed by atoms with Crippen LogP contribution in [0, 0.1) is 29.6 Å². The minimum absolute atomic E-state index is 0.172. The Bertz CT molecular complexity index is 597. The number of fused-ring (bicyclic) bond motifs is 4. The number of benzene rings is 1. The Morgan fingerprint density at radius 2 is 1.65 bits per heavy atom. The maximum absolute atomic E-state index is 12.2. The summed E-state index contributed by atoms with van der Waals surface area (Å²) >= 11 is 0. The highest BCUT2D eigenvalue weighted by Gasteiger charge is 2.59. The summed E-state index contributed by atoms with van der Waals surface area (Å²) in [5, 5.41) is 9.17. The van der Waals surface area contributed by atoms with Crippen LogP contribution in [0.3, 0.4) is 0 Å². The van der Waals surface area contributed by atoms with Crippen molar-refractivity contribution in [1.82, 2.24) is 4.90 Å². The predicted molar refractivity (Wildman–Crippen MR) is 82.5 cm³/mol. The van der Waals surface area contributed by atoms with Crippen molar-refractivity contribution < 1.29 is 19.4 Å². The van der Waals surface area contributed by atoms with E-state index < -0.39 is 5.97 Å². The number of hydrogen-bond donors (Lipinski definition) is 1. The summed E-state index contributed by atoms with van der Waals surface area (Å²) in [5.41, 5.74) is 0.990. The minimum atomic E-state index is -0.656. The van der Waals surface area contributed by atoms with Crippen LogP contribution in [0.15, 0.2) is 30.3 Å². The standard InChI is InChI=1S/C18H21NO4/c20-17(21)12-6-13-14(7-12)16-9-19(8-15(13)16)18(22)23-10-11-4-2-1-3-5-11/h1-5,12-16H,6-10H2,(H,20,21)/t12?,13-,14+,15+,16-. The van der Waals surface area contributed by atoms with E-state index in [9.17, 15) is 14.7 Å². The zero-order valence-corrected chi connectivity index (χ0v) is 12.9. The lowest BCUT2D eigenvalue weighted by Crippen LogP contribution is -2.42. The van der Waals surface area contributed by atoms with Gasteiger partial charge in [0.25, 0.3) is 0 Å². The van der Waals surface area contributed by atoms with Gasteiger partial charge in [0.2, 0.25) is 0 Å². The minimum Gasteiger partial charge on any atom is -0.481 e. The van der Waals surface area contributed by atoms with E-state index in [0.29, 0.717) is 30.3 Å². The van der Waals surface area contributed by atoms with Crippen molar-refractivity contribution in [3.05, 3.63) is 35.9 Å². The van der Waals surface area contributed by atoms with E-state index in [4.69, 9.17) is 4.74 Å². The van der Waals surface area contributed by atoms with Crippen LogP contribution in [0.1, 0.15) is 18.4 Å². The van der Waals surface area contributed by atoms with E-state index in [1.807, 2.05) is 35.2 Å². The number of carboxylic acids is 1. The molecule has 1 unspecified atom stereocenters. The molecule has 2 saturated carbocycles. The fourth-order valence-corrected chi connectivity index (χ4v) is 4.86. The Balaban J connectivity index is 1.31. The van der Waals surface area contributed by atoms with Gasteiger partial charge < -0.3 is 14.7 Å². The van der Waals surface area contributed by atoms with Crippen LogP contribution >= 0.6 is 0 Å². The molecule has 1 aliphatic heterocycles. The second-order valence-electron chi connectivity index (χ2n) is 7.11. The summed E-state index contributed by atoms with van der Waals surface area (Å²) in [6.45, 7) is 1.76. The number of likely N-dealkylation sites (tertiary alicyclic amines) is 1. The number of carbonyl (C=O) groups excluding carboxylic acids is 1. The highest BCUT2D eigenvalue weighted by atomic mass is 16.6. The molecule has 1 amide bonds. The van der Waals surface area contributed by atoms with Gasteiger partial charge in [0.15, 0.2) is 0 Å². The van der Waals surface area contributed by atoms with Crippen molar-refractivity contribution in [1.29, 1.82) is 0 Å². The summed E-state index contributed by atoms with van der Waals surface area (Å²) < 4.78 is 5.41. The van der Waals surface area contributed by atoms with Gasteiger partial charge in [-0.3, -0.25) is 4.79 Å². The molecule has 1 N–H and O–H groups in total. The molecule has 5 heteroatoms. The molecule has 1 saturated heterocycles. The lowest BCUT2D eigenvalue weighted by Gasteiger charge is -2.43. The topological polar surface area (TPSA) is 66.8 Å². The van der Waals surface area contributed by atoms with Crippen LogP contribution in [0.4, 0.5) is 4.79 Å². The van der Waals surface area contributed by atoms with Gasteiger partial charge in [-0.1, -0.05) is 30.3 Å². The molecule has 0 aromatic heterocycles. The van der Waals surface area contributed by atoms with Crippen LogP contribution in [-0.4, -0.2) is 35.2 Å². The molecule has 1 aromatic rings. The molecule has 0 bridgehead atoms. The first-order valence-electron chi connectivity index (χ1n) is 8.32.